The van der Waals surface area contributed by atoms with Crippen LogP contribution in [-0.4, -0.2) is 50.8 Å². The van der Waals surface area contributed by atoms with E-state index in [1.807, 2.05) is 25.1 Å². The van der Waals surface area contributed by atoms with Crippen LogP contribution in [0.3, 0.4) is 0 Å². The molecule has 1 aromatic heterocycles. The van der Waals surface area contributed by atoms with Gasteiger partial charge in [-0.25, -0.2) is 4.39 Å². The zero-order valence-corrected chi connectivity index (χ0v) is 24.6. The quantitative estimate of drug-likeness (QED) is 0.287. The van der Waals surface area contributed by atoms with E-state index < -0.39 is 0 Å². The molecule has 2 saturated heterocycles. The Bertz CT molecular complexity index is 1600. The SMILES string of the molecule is CCn1c(N2CCN(Cc3ccccc3)CC2)c(/C=C2\SC(=S)N(Cc3ccc(F)cc3)C2=O)c(C)c(C#N)c1=O. The third-order valence-corrected chi connectivity index (χ3v) is 8.86. The smallest absolute Gasteiger partial charge is 0.270 e. The second kappa shape index (κ2) is 12.4. The van der Waals surface area contributed by atoms with Crippen molar-refractivity contribution in [3.63, 3.8) is 0 Å². The monoisotopic (exact) mass is 587 g/mol. The number of benzene rings is 2. The lowest BCUT2D eigenvalue weighted by molar-refractivity contribution is -0.122. The van der Waals surface area contributed by atoms with Gasteiger partial charge in [0.2, 0.25) is 0 Å². The largest absolute Gasteiger partial charge is 0.355 e. The van der Waals surface area contributed by atoms with E-state index in [2.05, 4.69) is 28.0 Å². The number of hydrogen-bond acceptors (Lipinski definition) is 7. The number of nitriles is 1. The molecule has 0 unspecified atom stereocenters. The molecule has 3 aromatic rings. The van der Waals surface area contributed by atoms with Gasteiger partial charge in [-0.3, -0.25) is 24.0 Å². The minimum Gasteiger partial charge on any atom is -0.355 e. The Labute approximate surface area is 248 Å². The first-order chi connectivity index (χ1) is 19.8. The van der Waals surface area contributed by atoms with Crippen LogP contribution in [0.2, 0.25) is 0 Å². The maximum atomic E-state index is 13.5. The highest BCUT2D eigenvalue weighted by atomic mass is 32.2. The fraction of sp³-hybridized carbons (Fsp3) is 0.290. The minimum atomic E-state index is -0.345. The number of amides is 1. The summed E-state index contributed by atoms with van der Waals surface area (Å²) in [5.74, 6) is 0.120. The van der Waals surface area contributed by atoms with Crippen molar-refractivity contribution >= 4 is 46.1 Å². The molecule has 0 saturated carbocycles. The number of halogens is 1. The number of nitrogens with zero attached hydrogens (tertiary/aromatic N) is 5. The molecule has 2 aliphatic heterocycles. The Balaban J connectivity index is 1.47. The number of thioether (sulfide) groups is 1. The van der Waals surface area contributed by atoms with Crippen molar-refractivity contribution in [1.29, 1.82) is 5.26 Å². The number of rotatable bonds is 7. The van der Waals surface area contributed by atoms with Gasteiger partial charge in [-0.2, -0.15) is 5.26 Å². The van der Waals surface area contributed by atoms with Crippen LogP contribution in [0.5, 0.6) is 0 Å². The predicted molar refractivity (Wildman–Crippen MR) is 165 cm³/mol. The number of aromatic nitrogens is 1. The van der Waals surface area contributed by atoms with Crippen LogP contribution < -0.4 is 10.5 Å². The van der Waals surface area contributed by atoms with Crippen molar-refractivity contribution in [3.8, 4) is 6.07 Å². The summed E-state index contributed by atoms with van der Waals surface area (Å²) in [5.41, 5.74) is 3.00. The molecule has 0 radical (unpaired) electrons. The van der Waals surface area contributed by atoms with Crippen molar-refractivity contribution in [3.05, 3.63) is 103 Å². The second-order valence-electron chi connectivity index (χ2n) is 10.0. The van der Waals surface area contributed by atoms with Gasteiger partial charge in [0.1, 0.15) is 27.6 Å². The van der Waals surface area contributed by atoms with Crippen LogP contribution in [0.25, 0.3) is 6.08 Å². The van der Waals surface area contributed by atoms with E-state index in [9.17, 15) is 19.2 Å². The van der Waals surface area contributed by atoms with E-state index in [-0.39, 0.29) is 29.4 Å². The molecular weight excluding hydrogens is 558 g/mol. The lowest BCUT2D eigenvalue weighted by atomic mass is 10.0. The summed E-state index contributed by atoms with van der Waals surface area (Å²) in [7, 11) is 0. The van der Waals surface area contributed by atoms with Gasteiger partial charge in [0.15, 0.2) is 0 Å². The van der Waals surface area contributed by atoms with Crippen LogP contribution in [0.1, 0.15) is 34.7 Å². The summed E-state index contributed by atoms with van der Waals surface area (Å²) in [6, 6.07) is 18.4. The summed E-state index contributed by atoms with van der Waals surface area (Å²) in [5, 5.41) is 9.87. The van der Waals surface area contributed by atoms with Gasteiger partial charge in [-0.05, 0) is 48.7 Å². The highest BCUT2D eigenvalue weighted by molar-refractivity contribution is 8.26. The highest BCUT2D eigenvalue weighted by Gasteiger charge is 2.33. The highest BCUT2D eigenvalue weighted by Crippen LogP contribution is 2.37. The molecule has 2 aliphatic rings. The van der Waals surface area contributed by atoms with E-state index in [0.717, 1.165) is 31.0 Å². The number of anilines is 1. The Morgan fingerprint density at radius 1 is 1.00 bits per heavy atom. The first-order valence-corrected chi connectivity index (χ1v) is 14.7. The molecule has 0 bridgehead atoms. The van der Waals surface area contributed by atoms with Gasteiger partial charge in [0.25, 0.3) is 11.5 Å². The zero-order chi connectivity index (χ0) is 29.1. The first-order valence-electron chi connectivity index (χ1n) is 13.5. The Kier molecular flexibility index (Phi) is 8.68. The topological polar surface area (TPSA) is 72.6 Å². The maximum Gasteiger partial charge on any atom is 0.270 e. The molecule has 0 spiro atoms. The van der Waals surface area contributed by atoms with Gasteiger partial charge >= 0.3 is 0 Å². The summed E-state index contributed by atoms with van der Waals surface area (Å²) in [6.07, 6.45) is 1.78. The van der Waals surface area contributed by atoms with E-state index in [1.165, 1.54) is 34.4 Å². The lowest BCUT2D eigenvalue weighted by Crippen LogP contribution is -2.48. The van der Waals surface area contributed by atoms with Gasteiger partial charge in [-0.1, -0.05) is 66.4 Å². The standard InChI is InChI=1S/C31H30FN5O2S2/c1-3-36-28(35-15-13-34(14-16-35)19-22-7-5-4-6-8-22)25(21(2)26(18-33)29(36)38)17-27-30(39)37(31(40)41-27)20-23-9-11-24(32)12-10-23/h4-12,17H,3,13-16,19-20H2,1-2H3/b27-17-. The van der Waals surface area contributed by atoms with Crippen molar-refractivity contribution in [1.82, 2.24) is 14.4 Å². The molecule has 5 rings (SSSR count). The van der Waals surface area contributed by atoms with E-state index in [0.29, 0.717) is 40.0 Å². The molecule has 10 heteroatoms. The van der Waals surface area contributed by atoms with E-state index >= 15 is 0 Å². The molecular formula is C31H30FN5O2S2. The molecule has 2 fully saturated rings. The molecule has 7 nitrogen and oxygen atoms in total. The van der Waals surface area contributed by atoms with Crippen LogP contribution in [-0.2, 0) is 24.4 Å². The number of carbonyl (C=O) groups is 1. The van der Waals surface area contributed by atoms with E-state index in [1.54, 1.807) is 29.7 Å². The third kappa shape index (κ3) is 5.98. The van der Waals surface area contributed by atoms with Crippen LogP contribution in [0.4, 0.5) is 10.2 Å². The fourth-order valence-corrected chi connectivity index (χ4v) is 6.51. The fourth-order valence-electron chi connectivity index (χ4n) is 5.28. The normalized spacial score (nSPS) is 17.0. The molecule has 0 aliphatic carbocycles. The first kappa shape index (κ1) is 28.7. The minimum absolute atomic E-state index is 0.0753. The zero-order valence-electron chi connectivity index (χ0n) is 23.0. The number of piperazine rings is 1. The van der Waals surface area contributed by atoms with Crippen LogP contribution >= 0.6 is 24.0 Å². The Hall–Kier alpha value is -3.78. The second-order valence-corrected chi connectivity index (χ2v) is 11.7. The van der Waals surface area contributed by atoms with Crippen LogP contribution in [0.15, 0.2) is 64.3 Å². The summed E-state index contributed by atoms with van der Waals surface area (Å²) >= 11 is 6.73. The number of carbonyl (C=O) groups excluding carboxylic acids is 1. The number of thiocarbonyl (C=S) groups is 1. The van der Waals surface area contributed by atoms with Crippen molar-refractivity contribution in [2.24, 2.45) is 0 Å². The van der Waals surface area contributed by atoms with Gasteiger partial charge in [0, 0.05) is 44.8 Å². The number of pyridine rings is 1. The van der Waals surface area contributed by atoms with Gasteiger partial charge in [-0.15, -0.1) is 0 Å². The van der Waals surface area contributed by atoms with Gasteiger partial charge < -0.3 is 4.90 Å². The van der Waals surface area contributed by atoms with Gasteiger partial charge in [0.05, 0.1) is 11.4 Å². The third-order valence-electron chi connectivity index (χ3n) is 7.49. The van der Waals surface area contributed by atoms with Crippen molar-refractivity contribution in [2.75, 3.05) is 31.1 Å². The molecule has 0 atom stereocenters. The van der Waals surface area contributed by atoms with Crippen LogP contribution in [0, 0.1) is 24.1 Å². The Morgan fingerprint density at radius 3 is 2.29 bits per heavy atom. The van der Waals surface area contributed by atoms with Crippen molar-refractivity contribution < 1.29 is 9.18 Å². The molecule has 1 amide bonds. The molecule has 2 aromatic carbocycles. The average molecular weight is 588 g/mol. The Morgan fingerprint density at radius 2 is 1.66 bits per heavy atom. The number of hydrogen-bond donors (Lipinski definition) is 0. The summed E-state index contributed by atoms with van der Waals surface area (Å²) in [4.78, 5) is 33.4. The van der Waals surface area contributed by atoms with E-state index in [4.69, 9.17) is 12.2 Å². The molecule has 3 heterocycles. The van der Waals surface area contributed by atoms with Crippen molar-refractivity contribution in [2.45, 2.75) is 33.5 Å². The lowest BCUT2D eigenvalue weighted by Gasteiger charge is -2.38. The maximum absolute atomic E-state index is 13.5. The summed E-state index contributed by atoms with van der Waals surface area (Å²) < 4.78 is 15.4. The molecule has 210 valence electrons. The molecule has 0 N–H and O–H groups in total. The molecule has 41 heavy (non-hydrogen) atoms. The average Bonchev–Trinajstić information content (AvgIpc) is 3.24. The summed E-state index contributed by atoms with van der Waals surface area (Å²) in [6.45, 7) is 8.14. The predicted octanol–water partition coefficient (Wildman–Crippen LogP) is 4.91.